The first kappa shape index (κ1) is 16.5. The number of carboxylic acids is 1. The van der Waals surface area contributed by atoms with Crippen molar-refractivity contribution in [1.29, 1.82) is 0 Å². The number of ether oxygens (including phenoxy) is 1. The van der Waals surface area contributed by atoms with Crippen LogP contribution in [0.5, 0.6) is 5.75 Å². The van der Waals surface area contributed by atoms with Gasteiger partial charge in [0.1, 0.15) is 10.5 Å². The fourth-order valence-electron chi connectivity index (χ4n) is 1.59. The van der Waals surface area contributed by atoms with E-state index in [2.05, 4.69) is 6.58 Å². The van der Waals surface area contributed by atoms with Crippen molar-refractivity contribution >= 4 is 27.4 Å². The standard InChI is InChI=1S/C13H15ClO5S/c1-8(2)4-5-20(17,18)11-7-9(14)6-10(13(15)16)12(11)19-3/h6-7H,1,4-5H2,2-3H3,(H,15,16). The Morgan fingerprint density at radius 2 is 2.05 bits per heavy atom. The number of benzene rings is 1. The average Bonchev–Trinajstić information content (AvgIpc) is 2.35. The lowest BCUT2D eigenvalue weighted by atomic mass is 10.2. The largest absolute Gasteiger partial charge is 0.494 e. The molecule has 1 aromatic rings. The van der Waals surface area contributed by atoms with E-state index >= 15 is 0 Å². The van der Waals surface area contributed by atoms with Crippen molar-refractivity contribution in [2.24, 2.45) is 0 Å². The van der Waals surface area contributed by atoms with Crippen molar-refractivity contribution in [1.82, 2.24) is 0 Å². The van der Waals surface area contributed by atoms with Gasteiger partial charge in [0, 0.05) is 5.02 Å². The summed E-state index contributed by atoms with van der Waals surface area (Å²) < 4.78 is 29.5. The average molecular weight is 319 g/mol. The third kappa shape index (κ3) is 3.74. The smallest absolute Gasteiger partial charge is 0.339 e. The summed E-state index contributed by atoms with van der Waals surface area (Å²) in [5.41, 5.74) is 0.432. The molecule has 0 aliphatic carbocycles. The summed E-state index contributed by atoms with van der Waals surface area (Å²) in [5, 5.41) is 9.11. The maximum absolute atomic E-state index is 12.3. The van der Waals surface area contributed by atoms with Crippen molar-refractivity contribution < 1.29 is 23.1 Å². The molecular weight excluding hydrogens is 304 g/mol. The van der Waals surface area contributed by atoms with E-state index in [1.54, 1.807) is 6.92 Å². The van der Waals surface area contributed by atoms with Crippen LogP contribution in [0.3, 0.4) is 0 Å². The molecule has 0 amide bonds. The van der Waals surface area contributed by atoms with Crippen LogP contribution in [-0.4, -0.2) is 32.4 Å². The highest BCUT2D eigenvalue weighted by Crippen LogP contribution is 2.33. The lowest BCUT2D eigenvalue weighted by Gasteiger charge is -2.12. The van der Waals surface area contributed by atoms with Gasteiger partial charge in [-0.15, -0.1) is 6.58 Å². The molecule has 5 nitrogen and oxygen atoms in total. The number of rotatable bonds is 6. The Morgan fingerprint density at radius 3 is 2.50 bits per heavy atom. The van der Waals surface area contributed by atoms with E-state index in [4.69, 9.17) is 21.4 Å². The molecule has 110 valence electrons. The number of hydrogen-bond donors (Lipinski definition) is 1. The van der Waals surface area contributed by atoms with Gasteiger partial charge in [-0.1, -0.05) is 17.2 Å². The van der Waals surface area contributed by atoms with Gasteiger partial charge < -0.3 is 9.84 Å². The highest BCUT2D eigenvalue weighted by Gasteiger charge is 2.25. The van der Waals surface area contributed by atoms with Gasteiger partial charge >= 0.3 is 5.97 Å². The number of methoxy groups -OCH3 is 1. The minimum Gasteiger partial charge on any atom is -0.494 e. The van der Waals surface area contributed by atoms with E-state index in [1.807, 2.05) is 0 Å². The molecule has 0 unspecified atom stereocenters. The van der Waals surface area contributed by atoms with E-state index in [-0.39, 0.29) is 33.4 Å². The Hall–Kier alpha value is -1.53. The summed E-state index contributed by atoms with van der Waals surface area (Å²) in [6, 6.07) is 2.35. The minimum atomic E-state index is -3.71. The lowest BCUT2D eigenvalue weighted by Crippen LogP contribution is -2.12. The quantitative estimate of drug-likeness (QED) is 0.816. The fourth-order valence-corrected chi connectivity index (χ4v) is 3.49. The van der Waals surface area contributed by atoms with Gasteiger partial charge in [-0.2, -0.15) is 0 Å². The molecule has 0 bridgehead atoms. The molecular formula is C13H15ClO5S. The lowest BCUT2D eigenvalue weighted by molar-refractivity contribution is 0.0693. The van der Waals surface area contributed by atoms with Gasteiger partial charge in [-0.25, -0.2) is 13.2 Å². The molecule has 0 heterocycles. The number of aromatic carboxylic acids is 1. The van der Waals surface area contributed by atoms with Gasteiger partial charge in [0.25, 0.3) is 0 Å². The van der Waals surface area contributed by atoms with Crippen LogP contribution in [0.2, 0.25) is 5.02 Å². The number of hydrogen-bond acceptors (Lipinski definition) is 4. The second kappa shape index (κ2) is 6.28. The van der Waals surface area contributed by atoms with Crippen LogP contribution < -0.4 is 4.74 Å². The summed E-state index contributed by atoms with van der Waals surface area (Å²) in [6.07, 6.45) is 0.278. The second-order valence-corrected chi connectivity index (χ2v) is 6.83. The summed E-state index contributed by atoms with van der Waals surface area (Å²) in [5.74, 6) is -1.69. The number of carbonyl (C=O) groups is 1. The van der Waals surface area contributed by atoms with Crippen molar-refractivity contribution in [3.8, 4) is 5.75 Å². The Balaban J connectivity index is 3.43. The molecule has 0 saturated heterocycles. The van der Waals surface area contributed by atoms with Gasteiger partial charge in [0.15, 0.2) is 15.6 Å². The van der Waals surface area contributed by atoms with E-state index in [0.29, 0.717) is 5.57 Å². The molecule has 0 spiro atoms. The molecule has 1 rings (SSSR count). The van der Waals surface area contributed by atoms with Crippen molar-refractivity contribution in [2.75, 3.05) is 12.9 Å². The van der Waals surface area contributed by atoms with E-state index in [1.165, 1.54) is 13.2 Å². The van der Waals surface area contributed by atoms with Gasteiger partial charge in [-0.05, 0) is 25.5 Å². The molecule has 0 atom stereocenters. The normalized spacial score (nSPS) is 11.2. The zero-order chi connectivity index (χ0) is 15.5. The number of halogens is 1. The zero-order valence-electron chi connectivity index (χ0n) is 11.1. The first-order valence-corrected chi connectivity index (χ1v) is 7.70. The van der Waals surface area contributed by atoms with Gasteiger partial charge in [-0.3, -0.25) is 0 Å². The van der Waals surface area contributed by atoms with E-state index in [0.717, 1.165) is 6.07 Å². The third-order valence-electron chi connectivity index (χ3n) is 2.59. The van der Waals surface area contributed by atoms with Crippen molar-refractivity contribution in [3.63, 3.8) is 0 Å². The third-order valence-corrected chi connectivity index (χ3v) is 4.52. The van der Waals surface area contributed by atoms with Crippen LogP contribution in [-0.2, 0) is 9.84 Å². The molecule has 0 radical (unpaired) electrons. The summed E-state index contributed by atoms with van der Waals surface area (Å²) in [7, 11) is -2.49. The maximum atomic E-state index is 12.3. The Morgan fingerprint density at radius 1 is 1.45 bits per heavy atom. The highest BCUT2D eigenvalue weighted by atomic mass is 35.5. The van der Waals surface area contributed by atoms with Crippen molar-refractivity contribution in [3.05, 3.63) is 34.9 Å². The van der Waals surface area contributed by atoms with Crippen molar-refractivity contribution in [2.45, 2.75) is 18.2 Å². The molecule has 0 saturated carbocycles. The predicted molar refractivity (Wildman–Crippen MR) is 76.4 cm³/mol. The molecule has 1 N–H and O–H groups in total. The summed E-state index contributed by atoms with van der Waals surface area (Å²) in [4.78, 5) is 10.9. The van der Waals surface area contributed by atoms with E-state index < -0.39 is 15.8 Å². The van der Waals surface area contributed by atoms with Crippen LogP contribution in [0.4, 0.5) is 0 Å². The minimum absolute atomic E-state index is 0.0251. The zero-order valence-corrected chi connectivity index (χ0v) is 12.7. The SMILES string of the molecule is C=C(C)CCS(=O)(=O)c1cc(Cl)cc(C(=O)O)c1OC. The molecule has 0 aliphatic heterocycles. The van der Waals surface area contributed by atoms with Crippen LogP contribution >= 0.6 is 11.6 Å². The van der Waals surface area contributed by atoms with Gasteiger partial charge in [0.2, 0.25) is 0 Å². The van der Waals surface area contributed by atoms with Crippen LogP contribution in [0.15, 0.2) is 29.2 Å². The molecule has 20 heavy (non-hydrogen) atoms. The topological polar surface area (TPSA) is 80.7 Å². The first-order chi connectivity index (χ1) is 9.19. The van der Waals surface area contributed by atoms with Crippen LogP contribution in [0.25, 0.3) is 0 Å². The first-order valence-electron chi connectivity index (χ1n) is 5.67. The molecule has 0 aliphatic rings. The molecule has 0 fully saturated rings. The summed E-state index contributed by atoms with van der Waals surface area (Å²) >= 11 is 5.79. The number of allylic oxidation sites excluding steroid dienone is 1. The molecule has 0 aromatic heterocycles. The molecule has 1 aromatic carbocycles. The van der Waals surface area contributed by atoms with E-state index in [9.17, 15) is 13.2 Å². The maximum Gasteiger partial charge on any atom is 0.339 e. The van der Waals surface area contributed by atoms with Gasteiger partial charge in [0.05, 0.1) is 12.9 Å². The molecule has 7 heteroatoms. The fraction of sp³-hybridized carbons (Fsp3) is 0.308. The summed E-state index contributed by atoms with van der Waals surface area (Å²) in [6.45, 7) is 5.36. The van der Waals surface area contributed by atoms with Crippen LogP contribution in [0.1, 0.15) is 23.7 Å². The Kier molecular flexibility index (Phi) is 5.19. The number of sulfone groups is 1. The second-order valence-electron chi connectivity index (χ2n) is 4.32. The Labute approximate surface area is 122 Å². The predicted octanol–water partition coefficient (Wildman–Crippen LogP) is 2.79. The number of carboxylic acid groups (broad SMARTS) is 1. The highest BCUT2D eigenvalue weighted by molar-refractivity contribution is 7.91. The Bertz CT molecular complexity index is 649. The monoisotopic (exact) mass is 318 g/mol. The van der Waals surface area contributed by atoms with Crippen LogP contribution in [0, 0.1) is 0 Å².